The third-order valence-electron chi connectivity index (χ3n) is 14.2. The van der Waals surface area contributed by atoms with Crippen molar-refractivity contribution in [1.82, 2.24) is 0 Å². The van der Waals surface area contributed by atoms with Gasteiger partial charge in [-0.1, -0.05) is 212 Å². The molecule has 0 N–H and O–H groups in total. The first-order chi connectivity index (χ1) is 31.3. The van der Waals surface area contributed by atoms with Gasteiger partial charge in [0.2, 0.25) is 0 Å². The first-order valence-corrected chi connectivity index (χ1v) is 22.0. The Morgan fingerprint density at radius 2 is 0.571 bits per heavy atom. The van der Waals surface area contributed by atoms with E-state index in [1.54, 1.807) is 0 Å². The van der Waals surface area contributed by atoms with E-state index in [-0.39, 0.29) is 0 Å². The Balaban J connectivity index is 1.09. The van der Waals surface area contributed by atoms with Crippen molar-refractivity contribution in [3.63, 3.8) is 0 Å². The van der Waals surface area contributed by atoms with Crippen LogP contribution in [-0.4, -0.2) is 0 Å². The number of hydrogen-bond acceptors (Lipinski definition) is 1. The summed E-state index contributed by atoms with van der Waals surface area (Å²) in [5.74, 6) is 0. The third kappa shape index (κ3) is 4.94. The largest absolute Gasteiger partial charge is 0.310 e. The van der Waals surface area contributed by atoms with Crippen LogP contribution in [0.25, 0.3) is 44.5 Å². The fourth-order valence-corrected chi connectivity index (χ4v) is 11.7. The SMILES string of the molecule is c1ccc(-c2cccc(N(c3ccc4c(c3)C(c3ccccc3)(c3ccccc3)c3ccccc3-4)c3ccc4c(c3)C3(c5ccccc5-c5ccccc53)c3ccccc3-4)c2)cc1. The summed E-state index contributed by atoms with van der Waals surface area (Å²) >= 11 is 0. The lowest BCUT2D eigenvalue weighted by Gasteiger charge is -2.35. The van der Waals surface area contributed by atoms with E-state index in [1.165, 1.54) is 89.0 Å². The Bertz CT molecular complexity index is 3190. The summed E-state index contributed by atoms with van der Waals surface area (Å²) in [6.07, 6.45) is 0. The molecule has 1 spiro atoms. The summed E-state index contributed by atoms with van der Waals surface area (Å²) in [4.78, 5) is 2.50. The summed E-state index contributed by atoms with van der Waals surface area (Å²) < 4.78 is 0. The van der Waals surface area contributed by atoms with E-state index in [9.17, 15) is 0 Å². The second-order valence-corrected chi connectivity index (χ2v) is 17.1. The van der Waals surface area contributed by atoms with Gasteiger partial charge in [-0.3, -0.25) is 0 Å². The molecule has 0 aromatic heterocycles. The Morgan fingerprint density at radius 3 is 1.05 bits per heavy atom. The van der Waals surface area contributed by atoms with Crippen molar-refractivity contribution >= 4 is 17.1 Å². The standard InChI is InChI=1S/C62H41N/c1-4-19-42(20-5-1)43-21-18-26-46(39-43)63(47-35-37-53-51-29-10-14-31-55(51)61(59(53)40-47,44-22-6-2-7-23-44)45-24-8-3-9-25-45)48-36-38-54-52-30-13-17-34-58(52)62(60(54)41-48)56-32-15-11-27-49(56)50-28-12-16-33-57(50)62/h1-41H. The zero-order valence-electron chi connectivity index (χ0n) is 34.6. The fourth-order valence-electron chi connectivity index (χ4n) is 11.7. The molecule has 0 aliphatic heterocycles. The van der Waals surface area contributed by atoms with Crippen LogP contribution in [0, 0.1) is 0 Å². The average Bonchev–Trinajstić information content (AvgIpc) is 3.95. The molecular formula is C62H41N. The van der Waals surface area contributed by atoms with Crippen molar-refractivity contribution in [2.24, 2.45) is 0 Å². The van der Waals surface area contributed by atoms with E-state index in [4.69, 9.17) is 0 Å². The van der Waals surface area contributed by atoms with Crippen LogP contribution in [0.4, 0.5) is 17.1 Å². The minimum atomic E-state index is -0.525. The molecular weight excluding hydrogens is 759 g/mol. The van der Waals surface area contributed by atoms with Crippen molar-refractivity contribution in [3.8, 4) is 44.5 Å². The molecule has 3 aliphatic rings. The predicted molar refractivity (Wildman–Crippen MR) is 260 cm³/mol. The molecule has 0 amide bonds. The van der Waals surface area contributed by atoms with Gasteiger partial charge >= 0.3 is 0 Å². The Kier molecular flexibility index (Phi) is 7.80. The Hall–Kier alpha value is -8.00. The van der Waals surface area contributed by atoms with Gasteiger partial charge in [0.15, 0.2) is 0 Å². The van der Waals surface area contributed by atoms with Gasteiger partial charge in [-0.2, -0.15) is 0 Å². The van der Waals surface area contributed by atoms with E-state index >= 15 is 0 Å². The maximum absolute atomic E-state index is 2.51. The van der Waals surface area contributed by atoms with Crippen LogP contribution in [0.3, 0.4) is 0 Å². The lowest BCUT2D eigenvalue weighted by Crippen LogP contribution is -2.28. The third-order valence-corrected chi connectivity index (χ3v) is 14.2. The highest BCUT2D eigenvalue weighted by Crippen LogP contribution is 2.64. The van der Waals surface area contributed by atoms with E-state index in [2.05, 4.69) is 254 Å². The predicted octanol–water partition coefficient (Wildman–Crippen LogP) is 15.5. The molecule has 1 nitrogen and oxygen atoms in total. The summed E-state index contributed by atoms with van der Waals surface area (Å²) in [5, 5.41) is 0. The highest BCUT2D eigenvalue weighted by molar-refractivity contribution is 5.97. The molecule has 0 radical (unpaired) electrons. The lowest BCUT2D eigenvalue weighted by molar-refractivity contribution is 0.768. The minimum Gasteiger partial charge on any atom is -0.310 e. The number of hydrogen-bond donors (Lipinski definition) is 0. The van der Waals surface area contributed by atoms with Gasteiger partial charge in [-0.15, -0.1) is 0 Å². The van der Waals surface area contributed by atoms with Crippen molar-refractivity contribution in [2.75, 3.05) is 4.90 Å². The van der Waals surface area contributed by atoms with Crippen molar-refractivity contribution in [2.45, 2.75) is 10.8 Å². The van der Waals surface area contributed by atoms with Crippen LogP contribution >= 0.6 is 0 Å². The topological polar surface area (TPSA) is 3.24 Å². The molecule has 10 aromatic carbocycles. The van der Waals surface area contributed by atoms with Gasteiger partial charge in [0.1, 0.15) is 0 Å². The highest BCUT2D eigenvalue weighted by Gasteiger charge is 2.52. The monoisotopic (exact) mass is 799 g/mol. The molecule has 1 heteroatoms. The van der Waals surface area contributed by atoms with Gasteiger partial charge in [-0.05, 0) is 125 Å². The maximum atomic E-state index is 2.51. The molecule has 0 fully saturated rings. The van der Waals surface area contributed by atoms with Gasteiger partial charge < -0.3 is 4.90 Å². The van der Waals surface area contributed by atoms with Crippen molar-refractivity contribution < 1.29 is 0 Å². The van der Waals surface area contributed by atoms with E-state index in [0.29, 0.717) is 0 Å². The number of fused-ring (bicyclic) bond motifs is 13. The highest BCUT2D eigenvalue weighted by atomic mass is 15.1. The lowest BCUT2D eigenvalue weighted by atomic mass is 9.67. The molecule has 0 bridgehead atoms. The molecule has 0 heterocycles. The first kappa shape index (κ1) is 35.7. The first-order valence-electron chi connectivity index (χ1n) is 22.0. The normalized spacial score (nSPS) is 14.0. The maximum Gasteiger partial charge on any atom is 0.0726 e. The number of nitrogens with zero attached hydrogens (tertiary/aromatic N) is 1. The molecule has 10 aromatic rings. The second kappa shape index (κ2) is 13.8. The summed E-state index contributed by atoms with van der Waals surface area (Å²) in [6.45, 7) is 0. The van der Waals surface area contributed by atoms with Gasteiger partial charge in [-0.25, -0.2) is 0 Å². The van der Waals surface area contributed by atoms with Crippen molar-refractivity contribution in [3.05, 3.63) is 293 Å². The zero-order chi connectivity index (χ0) is 41.5. The van der Waals surface area contributed by atoms with Gasteiger partial charge in [0.25, 0.3) is 0 Å². The number of benzene rings is 10. The molecule has 0 atom stereocenters. The fraction of sp³-hybridized carbons (Fsp3) is 0.0323. The number of anilines is 3. The van der Waals surface area contributed by atoms with E-state index in [0.717, 1.165) is 17.1 Å². The minimum absolute atomic E-state index is 0.456. The van der Waals surface area contributed by atoms with Crippen LogP contribution < -0.4 is 4.90 Å². The average molecular weight is 800 g/mol. The van der Waals surface area contributed by atoms with Crippen molar-refractivity contribution in [1.29, 1.82) is 0 Å². The van der Waals surface area contributed by atoms with Crippen LogP contribution in [0.5, 0.6) is 0 Å². The van der Waals surface area contributed by atoms with Crippen LogP contribution in [-0.2, 0) is 10.8 Å². The Labute approximate surface area is 368 Å². The summed E-state index contributed by atoms with van der Waals surface area (Å²) in [5.41, 5.74) is 22.9. The quantitative estimate of drug-likeness (QED) is 0.162. The number of rotatable bonds is 6. The molecule has 3 aliphatic carbocycles. The summed E-state index contributed by atoms with van der Waals surface area (Å²) in [7, 11) is 0. The molecule has 0 unspecified atom stereocenters. The molecule has 63 heavy (non-hydrogen) atoms. The van der Waals surface area contributed by atoms with Crippen LogP contribution in [0.2, 0.25) is 0 Å². The molecule has 13 rings (SSSR count). The summed E-state index contributed by atoms with van der Waals surface area (Å²) in [6, 6.07) is 92.7. The Morgan fingerprint density at radius 1 is 0.222 bits per heavy atom. The second-order valence-electron chi connectivity index (χ2n) is 17.1. The van der Waals surface area contributed by atoms with E-state index < -0.39 is 10.8 Å². The van der Waals surface area contributed by atoms with Crippen LogP contribution in [0.15, 0.2) is 249 Å². The molecule has 0 saturated heterocycles. The molecule has 294 valence electrons. The van der Waals surface area contributed by atoms with Crippen LogP contribution in [0.1, 0.15) is 44.5 Å². The van der Waals surface area contributed by atoms with Gasteiger partial charge in [0, 0.05) is 17.1 Å². The van der Waals surface area contributed by atoms with Gasteiger partial charge in [0.05, 0.1) is 10.8 Å². The molecule has 0 saturated carbocycles. The smallest absolute Gasteiger partial charge is 0.0726 e. The zero-order valence-corrected chi connectivity index (χ0v) is 34.6. The van der Waals surface area contributed by atoms with E-state index in [1.807, 2.05) is 0 Å².